The Morgan fingerprint density at radius 1 is 1.11 bits per heavy atom. The molecule has 1 heterocycles. The summed E-state index contributed by atoms with van der Waals surface area (Å²) in [7, 11) is -5.96. The van der Waals surface area contributed by atoms with E-state index in [1.807, 2.05) is 0 Å². The minimum Gasteiger partial charge on any atom is -0.463 e. The van der Waals surface area contributed by atoms with E-state index in [4.69, 9.17) is 9.47 Å². The van der Waals surface area contributed by atoms with Crippen LogP contribution in [0.5, 0.6) is 0 Å². The van der Waals surface area contributed by atoms with Gasteiger partial charge in [-0.15, -0.1) is 0 Å². The first-order chi connectivity index (χ1) is 12.2. The first-order valence-corrected chi connectivity index (χ1v) is 9.46. The molecule has 1 aliphatic rings. The number of carbonyl (C=O) groups excluding carboxylic acids is 2. The summed E-state index contributed by atoms with van der Waals surface area (Å²) in [6.45, 7) is 6.04. The molecule has 1 aliphatic heterocycles. The third-order valence-electron chi connectivity index (χ3n) is 3.24. The lowest BCUT2D eigenvalue weighted by Crippen LogP contribution is -2.37. The average molecular weight is 417 g/mol. The molecular weight excluding hydrogens is 395 g/mol. The molecule has 0 fully saturated rings. The van der Waals surface area contributed by atoms with Crippen LogP contribution in [0, 0.1) is 0 Å². The van der Waals surface area contributed by atoms with E-state index in [-0.39, 0.29) is 31.7 Å². The standard InChI is InChI=1S/C15H22F3NO7S/c1-5-24-12(20)10-6-8-19(13(21)25-14(2,3)4)9-7-11(10)26-27(22,23)15(16,17)18/h5-9H2,1-4H3. The maximum atomic E-state index is 12.6. The zero-order valence-electron chi connectivity index (χ0n) is 15.4. The summed E-state index contributed by atoms with van der Waals surface area (Å²) in [6.07, 6.45) is -1.42. The lowest BCUT2D eigenvalue weighted by molar-refractivity contribution is -0.138. The van der Waals surface area contributed by atoms with E-state index in [2.05, 4.69) is 4.18 Å². The van der Waals surface area contributed by atoms with Crippen molar-refractivity contribution in [2.75, 3.05) is 19.7 Å². The second-order valence-corrected chi connectivity index (χ2v) is 8.11. The number of rotatable bonds is 4. The van der Waals surface area contributed by atoms with E-state index in [1.165, 1.54) is 6.92 Å². The third kappa shape index (κ3) is 6.60. The SMILES string of the molecule is CCOC(=O)C1=C(OS(=O)(=O)C(F)(F)F)CCN(C(=O)OC(C)(C)C)CC1. The highest BCUT2D eigenvalue weighted by atomic mass is 32.2. The van der Waals surface area contributed by atoms with Crippen molar-refractivity contribution in [3.05, 3.63) is 11.3 Å². The third-order valence-corrected chi connectivity index (χ3v) is 4.23. The lowest BCUT2D eigenvalue weighted by Gasteiger charge is -2.26. The molecule has 0 spiro atoms. The molecule has 0 N–H and O–H groups in total. The van der Waals surface area contributed by atoms with E-state index >= 15 is 0 Å². The van der Waals surface area contributed by atoms with Gasteiger partial charge in [-0.1, -0.05) is 0 Å². The monoisotopic (exact) mass is 417 g/mol. The number of carbonyl (C=O) groups is 2. The first-order valence-electron chi connectivity index (χ1n) is 8.05. The molecule has 0 atom stereocenters. The predicted octanol–water partition coefficient (Wildman–Crippen LogP) is 2.70. The summed E-state index contributed by atoms with van der Waals surface area (Å²) in [5.74, 6) is -1.70. The van der Waals surface area contributed by atoms with Crippen molar-refractivity contribution in [3.63, 3.8) is 0 Å². The van der Waals surface area contributed by atoms with Crippen molar-refractivity contribution in [2.45, 2.75) is 51.6 Å². The zero-order valence-corrected chi connectivity index (χ0v) is 16.2. The summed E-state index contributed by atoms with van der Waals surface area (Å²) < 4.78 is 74.6. The number of halogens is 3. The van der Waals surface area contributed by atoms with Crippen LogP contribution in [0.4, 0.5) is 18.0 Å². The van der Waals surface area contributed by atoms with Gasteiger partial charge in [-0.05, 0) is 27.7 Å². The van der Waals surface area contributed by atoms with Crippen molar-refractivity contribution >= 4 is 22.2 Å². The van der Waals surface area contributed by atoms with Crippen LogP contribution in [0.25, 0.3) is 0 Å². The van der Waals surface area contributed by atoms with Crippen LogP contribution >= 0.6 is 0 Å². The second kappa shape index (κ2) is 8.36. The molecule has 27 heavy (non-hydrogen) atoms. The largest absolute Gasteiger partial charge is 0.534 e. The molecule has 1 rings (SSSR count). The minimum atomic E-state index is -5.96. The fourth-order valence-corrected chi connectivity index (χ4v) is 2.64. The topological polar surface area (TPSA) is 99.2 Å². The number of amides is 1. The van der Waals surface area contributed by atoms with Crippen molar-refractivity contribution < 1.29 is 44.8 Å². The summed E-state index contributed by atoms with van der Waals surface area (Å²) in [4.78, 5) is 25.3. The molecular formula is C15H22F3NO7S. The number of ether oxygens (including phenoxy) is 2. The van der Waals surface area contributed by atoms with Crippen molar-refractivity contribution in [1.29, 1.82) is 0 Å². The average Bonchev–Trinajstić information content (AvgIpc) is 2.66. The maximum absolute atomic E-state index is 12.6. The summed E-state index contributed by atoms with van der Waals surface area (Å²) in [5, 5.41) is 0. The van der Waals surface area contributed by atoms with E-state index in [9.17, 15) is 31.2 Å². The predicted molar refractivity (Wildman–Crippen MR) is 86.8 cm³/mol. The smallest absolute Gasteiger partial charge is 0.463 e. The van der Waals surface area contributed by atoms with Gasteiger partial charge < -0.3 is 18.6 Å². The van der Waals surface area contributed by atoms with Gasteiger partial charge in [0.2, 0.25) is 0 Å². The van der Waals surface area contributed by atoms with Gasteiger partial charge in [0.1, 0.15) is 11.4 Å². The Balaban J connectivity index is 3.11. The number of esters is 1. The molecule has 0 aromatic rings. The van der Waals surface area contributed by atoms with Gasteiger partial charge in [0.15, 0.2) is 0 Å². The highest BCUT2D eigenvalue weighted by Crippen LogP contribution is 2.31. The van der Waals surface area contributed by atoms with Gasteiger partial charge in [-0.2, -0.15) is 21.6 Å². The first kappa shape index (κ1) is 23.1. The Kier molecular flexibility index (Phi) is 7.14. The molecule has 1 amide bonds. The molecule has 0 unspecified atom stereocenters. The molecule has 0 aliphatic carbocycles. The van der Waals surface area contributed by atoms with E-state index in [0.29, 0.717) is 0 Å². The van der Waals surface area contributed by atoms with Crippen LogP contribution in [0.1, 0.15) is 40.5 Å². The van der Waals surface area contributed by atoms with Crippen LogP contribution < -0.4 is 0 Å². The summed E-state index contributed by atoms with van der Waals surface area (Å²) in [6, 6.07) is 0. The van der Waals surface area contributed by atoms with Gasteiger partial charge in [0.05, 0.1) is 12.2 Å². The van der Waals surface area contributed by atoms with Crippen LogP contribution in [0.3, 0.4) is 0 Å². The van der Waals surface area contributed by atoms with Gasteiger partial charge >= 0.3 is 27.7 Å². The van der Waals surface area contributed by atoms with Gasteiger partial charge in [0.25, 0.3) is 0 Å². The fourth-order valence-electron chi connectivity index (χ4n) is 2.10. The number of nitrogens with zero attached hydrogens (tertiary/aromatic N) is 1. The van der Waals surface area contributed by atoms with E-state index in [0.717, 1.165) is 4.90 Å². The highest BCUT2D eigenvalue weighted by molar-refractivity contribution is 7.87. The highest BCUT2D eigenvalue weighted by Gasteiger charge is 2.49. The minimum absolute atomic E-state index is 0.0720. The molecule has 0 aromatic heterocycles. The molecule has 8 nitrogen and oxygen atoms in total. The van der Waals surface area contributed by atoms with Crippen LogP contribution in [0.2, 0.25) is 0 Å². The van der Waals surface area contributed by atoms with Crippen LogP contribution in [-0.4, -0.2) is 56.2 Å². The lowest BCUT2D eigenvalue weighted by atomic mass is 10.1. The van der Waals surface area contributed by atoms with E-state index < -0.39 is 45.5 Å². The number of alkyl halides is 3. The summed E-state index contributed by atoms with van der Waals surface area (Å²) in [5.41, 5.74) is -6.83. The molecule has 156 valence electrons. The molecule has 0 aromatic carbocycles. The van der Waals surface area contributed by atoms with Gasteiger partial charge in [-0.3, -0.25) is 0 Å². The Morgan fingerprint density at radius 3 is 2.15 bits per heavy atom. The molecule has 0 radical (unpaired) electrons. The molecule has 0 saturated heterocycles. The van der Waals surface area contributed by atoms with Crippen molar-refractivity contribution in [1.82, 2.24) is 4.90 Å². The summed E-state index contributed by atoms with van der Waals surface area (Å²) >= 11 is 0. The van der Waals surface area contributed by atoms with E-state index in [1.54, 1.807) is 20.8 Å². The second-order valence-electron chi connectivity index (χ2n) is 6.57. The normalized spacial score (nSPS) is 16.6. The molecule has 0 bridgehead atoms. The molecule has 0 saturated carbocycles. The Morgan fingerprint density at radius 2 is 1.67 bits per heavy atom. The fraction of sp³-hybridized carbons (Fsp3) is 0.733. The molecule has 12 heteroatoms. The Bertz CT molecular complexity index is 708. The Labute approximate surface area is 155 Å². The van der Waals surface area contributed by atoms with Gasteiger partial charge in [0, 0.05) is 25.9 Å². The Hall–Kier alpha value is -1.98. The number of hydrogen-bond donors (Lipinski definition) is 0. The van der Waals surface area contributed by atoms with Crippen LogP contribution in [0.15, 0.2) is 11.3 Å². The van der Waals surface area contributed by atoms with Gasteiger partial charge in [-0.25, -0.2) is 9.59 Å². The van der Waals surface area contributed by atoms with Crippen molar-refractivity contribution in [2.24, 2.45) is 0 Å². The van der Waals surface area contributed by atoms with Crippen LogP contribution in [-0.2, 0) is 28.6 Å². The maximum Gasteiger partial charge on any atom is 0.534 e. The zero-order chi connectivity index (χ0) is 21.0. The quantitative estimate of drug-likeness (QED) is 0.394. The number of hydrogen-bond acceptors (Lipinski definition) is 7. The van der Waals surface area contributed by atoms with Crippen molar-refractivity contribution in [3.8, 4) is 0 Å².